The van der Waals surface area contributed by atoms with Crippen LogP contribution in [0.3, 0.4) is 0 Å². The zero-order valence-electron chi connectivity index (χ0n) is 10.4. The highest BCUT2D eigenvalue weighted by molar-refractivity contribution is 9.10. The number of halogens is 1. The van der Waals surface area contributed by atoms with E-state index in [0.717, 1.165) is 26.2 Å². The summed E-state index contributed by atoms with van der Waals surface area (Å²) in [6, 6.07) is 2.88. The van der Waals surface area contributed by atoms with Gasteiger partial charge in [0.25, 0.3) is 0 Å². The van der Waals surface area contributed by atoms with Crippen LogP contribution in [-0.4, -0.2) is 43.3 Å². The molecule has 0 amide bonds. The summed E-state index contributed by atoms with van der Waals surface area (Å²) in [5.41, 5.74) is 0. The van der Waals surface area contributed by atoms with Crippen LogP contribution in [0.25, 0.3) is 0 Å². The summed E-state index contributed by atoms with van der Waals surface area (Å²) < 4.78 is 7.10. The Morgan fingerprint density at radius 1 is 1.56 bits per heavy atom. The molecule has 5 heteroatoms. The zero-order chi connectivity index (χ0) is 12.4. The molecule has 3 heterocycles. The first kappa shape index (κ1) is 13.1. The predicted octanol–water partition coefficient (Wildman–Crippen LogP) is 2.46. The lowest BCUT2D eigenvalue weighted by molar-refractivity contribution is -0.0470. The Balaban J connectivity index is 1.41. The van der Waals surface area contributed by atoms with Crippen molar-refractivity contribution in [2.75, 3.05) is 26.2 Å². The van der Waals surface area contributed by atoms with Crippen molar-refractivity contribution in [2.24, 2.45) is 0 Å². The number of morpholine rings is 1. The van der Waals surface area contributed by atoms with Crippen LogP contribution in [0.5, 0.6) is 0 Å². The lowest BCUT2D eigenvalue weighted by atomic mass is 10.2. The van der Waals surface area contributed by atoms with Crippen molar-refractivity contribution >= 4 is 27.3 Å². The van der Waals surface area contributed by atoms with Gasteiger partial charge in [-0.1, -0.05) is 0 Å². The third-order valence-electron chi connectivity index (χ3n) is 3.75. The van der Waals surface area contributed by atoms with E-state index in [2.05, 4.69) is 37.6 Å². The molecule has 2 saturated heterocycles. The predicted molar refractivity (Wildman–Crippen MR) is 78.1 cm³/mol. The van der Waals surface area contributed by atoms with Crippen LogP contribution in [0.4, 0.5) is 0 Å². The summed E-state index contributed by atoms with van der Waals surface area (Å²) in [6.07, 6.45) is 3.03. The van der Waals surface area contributed by atoms with Crippen LogP contribution in [0.15, 0.2) is 15.9 Å². The molecule has 2 aliphatic heterocycles. The average molecular weight is 331 g/mol. The van der Waals surface area contributed by atoms with Gasteiger partial charge >= 0.3 is 0 Å². The van der Waals surface area contributed by atoms with Gasteiger partial charge in [-0.3, -0.25) is 4.90 Å². The van der Waals surface area contributed by atoms with Gasteiger partial charge in [0.2, 0.25) is 0 Å². The molecule has 0 saturated carbocycles. The van der Waals surface area contributed by atoms with Crippen LogP contribution >= 0.6 is 27.3 Å². The third kappa shape index (κ3) is 3.14. The maximum atomic E-state index is 5.92. The molecule has 3 rings (SSSR count). The summed E-state index contributed by atoms with van der Waals surface area (Å²) in [5.74, 6) is 0. The third-order valence-corrected chi connectivity index (χ3v) is 5.45. The number of hydrogen-bond donors (Lipinski definition) is 1. The summed E-state index contributed by atoms with van der Waals surface area (Å²) in [7, 11) is 0. The largest absolute Gasteiger partial charge is 0.374 e. The molecule has 1 aromatic heterocycles. The Morgan fingerprint density at radius 3 is 3.33 bits per heavy atom. The maximum Gasteiger partial charge on any atom is 0.0827 e. The minimum atomic E-state index is 0.364. The lowest BCUT2D eigenvalue weighted by Gasteiger charge is -2.35. The molecule has 3 nitrogen and oxygen atoms in total. The van der Waals surface area contributed by atoms with Gasteiger partial charge in [0.15, 0.2) is 0 Å². The van der Waals surface area contributed by atoms with Crippen LogP contribution < -0.4 is 5.32 Å². The van der Waals surface area contributed by atoms with Gasteiger partial charge in [0.1, 0.15) is 0 Å². The van der Waals surface area contributed by atoms with E-state index in [9.17, 15) is 0 Å². The monoisotopic (exact) mass is 330 g/mol. The highest BCUT2D eigenvalue weighted by Gasteiger charge is 2.31. The van der Waals surface area contributed by atoms with E-state index in [4.69, 9.17) is 4.74 Å². The first-order valence-electron chi connectivity index (χ1n) is 6.60. The highest BCUT2D eigenvalue weighted by atomic mass is 79.9. The smallest absolute Gasteiger partial charge is 0.0827 e. The number of hydrogen-bond acceptors (Lipinski definition) is 4. The molecule has 0 aromatic carbocycles. The van der Waals surface area contributed by atoms with Crippen molar-refractivity contribution in [3.05, 3.63) is 20.8 Å². The van der Waals surface area contributed by atoms with E-state index in [1.165, 1.54) is 28.7 Å². The topological polar surface area (TPSA) is 24.5 Å². The molecule has 2 atom stereocenters. The second kappa shape index (κ2) is 6.01. The molecule has 0 radical (unpaired) electrons. The molecule has 1 aromatic rings. The summed E-state index contributed by atoms with van der Waals surface area (Å²) in [6.45, 7) is 5.20. The lowest BCUT2D eigenvalue weighted by Crippen LogP contribution is -2.49. The fourth-order valence-corrected chi connectivity index (χ4v) is 4.23. The molecule has 1 N–H and O–H groups in total. The molecular formula is C13H19BrN2OS. The normalized spacial score (nSPS) is 28.5. The standard InChI is InChI=1S/C13H19BrN2OS/c14-10-4-13(18-9-10)6-15-5-12-7-16-3-1-2-11(16)8-17-12/h4,9,11-12,15H,1-3,5-8H2. The summed E-state index contributed by atoms with van der Waals surface area (Å²) >= 11 is 5.27. The molecule has 0 spiro atoms. The van der Waals surface area contributed by atoms with Gasteiger partial charge in [-0.15, -0.1) is 11.3 Å². The number of nitrogens with zero attached hydrogens (tertiary/aromatic N) is 1. The van der Waals surface area contributed by atoms with E-state index >= 15 is 0 Å². The van der Waals surface area contributed by atoms with Crippen LogP contribution in [0.1, 0.15) is 17.7 Å². The van der Waals surface area contributed by atoms with Crippen LogP contribution in [-0.2, 0) is 11.3 Å². The maximum absolute atomic E-state index is 5.92. The Labute approximate surface area is 121 Å². The number of ether oxygens (including phenoxy) is 1. The molecule has 18 heavy (non-hydrogen) atoms. The van der Waals surface area contributed by atoms with Gasteiger partial charge in [0, 0.05) is 40.4 Å². The van der Waals surface area contributed by atoms with E-state index in [1.807, 2.05) is 0 Å². The SMILES string of the molecule is Brc1csc(CNCC2CN3CCCC3CO2)c1. The molecule has 100 valence electrons. The molecule has 2 unspecified atom stereocenters. The van der Waals surface area contributed by atoms with Crippen molar-refractivity contribution in [1.29, 1.82) is 0 Å². The Hall–Kier alpha value is 0.0600. The number of fused-ring (bicyclic) bond motifs is 1. The fourth-order valence-electron chi connectivity index (χ4n) is 2.81. The van der Waals surface area contributed by atoms with Gasteiger partial charge in [-0.25, -0.2) is 0 Å². The molecule has 2 fully saturated rings. The minimum absolute atomic E-state index is 0.364. The van der Waals surface area contributed by atoms with Crippen molar-refractivity contribution in [2.45, 2.75) is 31.5 Å². The van der Waals surface area contributed by atoms with Gasteiger partial charge in [0.05, 0.1) is 12.7 Å². The quantitative estimate of drug-likeness (QED) is 0.917. The Bertz CT molecular complexity index is 398. The molecular weight excluding hydrogens is 312 g/mol. The van der Waals surface area contributed by atoms with E-state index in [1.54, 1.807) is 11.3 Å². The number of nitrogens with one attached hydrogen (secondary N) is 1. The van der Waals surface area contributed by atoms with Gasteiger partial charge < -0.3 is 10.1 Å². The molecule has 2 aliphatic rings. The Morgan fingerprint density at radius 2 is 2.50 bits per heavy atom. The summed E-state index contributed by atoms with van der Waals surface area (Å²) in [4.78, 5) is 3.97. The summed E-state index contributed by atoms with van der Waals surface area (Å²) in [5, 5.41) is 5.63. The first-order chi connectivity index (χ1) is 8.81. The molecule has 0 aliphatic carbocycles. The first-order valence-corrected chi connectivity index (χ1v) is 8.28. The average Bonchev–Trinajstić information content (AvgIpc) is 2.97. The van der Waals surface area contributed by atoms with E-state index in [-0.39, 0.29) is 0 Å². The van der Waals surface area contributed by atoms with E-state index in [0.29, 0.717) is 12.1 Å². The van der Waals surface area contributed by atoms with Gasteiger partial charge in [-0.2, -0.15) is 0 Å². The zero-order valence-corrected chi connectivity index (χ0v) is 12.8. The second-order valence-electron chi connectivity index (χ2n) is 5.11. The van der Waals surface area contributed by atoms with E-state index < -0.39 is 0 Å². The van der Waals surface area contributed by atoms with Crippen LogP contribution in [0, 0.1) is 0 Å². The van der Waals surface area contributed by atoms with Crippen molar-refractivity contribution in [1.82, 2.24) is 10.2 Å². The van der Waals surface area contributed by atoms with Crippen LogP contribution in [0.2, 0.25) is 0 Å². The van der Waals surface area contributed by atoms with Gasteiger partial charge in [-0.05, 0) is 41.4 Å². The number of thiophene rings is 1. The highest BCUT2D eigenvalue weighted by Crippen LogP contribution is 2.22. The molecule has 0 bridgehead atoms. The Kier molecular flexibility index (Phi) is 4.36. The van der Waals surface area contributed by atoms with Crippen molar-refractivity contribution < 1.29 is 4.74 Å². The van der Waals surface area contributed by atoms with Crippen molar-refractivity contribution in [3.8, 4) is 0 Å². The number of rotatable bonds is 4. The fraction of sp³-hybridized carbons (Fsp3) is 0.692. The van der Waals surface area contributed by atoms with Crippen molar-refractivity contribution in [3.63, 3.8) is 0 Å². The second-order valence-corrected chi connectivity index (χ2v) is 7.02. The minimum Gasteiger partial charge on any atom is -0.374 e.